The summed E-state index contributed by atoms with van der Waals surface area (Å²) in [6.07, 6.45) is 3.08. The molecule has 1 aliphatic heterocycles. The Morgan fingerprint density at radius 3 is 2.85 bits per heavy atom. The summed E-state index contributed by atoms with van der Waals surface area (Å²) >= 11 is 0. The summed E-state index contributed by atoms with van der Waals surface area (Å²) in [7, 11) is 0. The number of pyridine rings is 1. The number of carbonyl (C=O) groups is 1. The van der Waals surface area contributed by atoms with E-state index in [-0.39, 0.29) is 12.6 Å². The first-order valence-electron chi connectivity index (χ1n) is 9.04. The molecule has 3 aromatic rings. The maximum absolute atomic E-state index is 11.7. The van der Waals surface area contributed by atoms with Gasteiger partial charge in [0.15, 0.2) is 18.9 Å². The maximum atomic E-state index is 11.7. The number of benzene rings is 1. The molecule has 27 heavy (non-hydrogen) atoms. The summed E-state index contributed by atoms with van der Waals surface area (Å²) in [5.74, 6) is 0.760. The lowest BCUT2D eigenvalue weighted by atomic mass is 10.2. The van der Waals surface area contributed by atoms with E-state index in [0.29, 0.717) is 19.6 Å². The van der Waals surface area contributed by atoms with Crippen LogP contribution in [0.3, 0.4) is 0 Å². The number of aryl methyl sites for hydroxylation is 1. The molecule has 7 nitrogen and oxygen atoms in total. The number of aromatic nitrogens is 2. The average molecular weight is 367 g/mol. The number of rotatable bonds is 6. The molecular formula is C20H23N4O3+. The number of aliphatic hydroxyl groups excluding tert-OH is 1. The molecule has 2 amide bonds. The van der Waals surface area contributed by atoms with Gasteiger partial charge in [0.05, 0.1) is 5.69 Å². The highest BCUT2D eigenvalue weighted by atomic mass is 16.5. The molecule has 1 unspecified atom stereocenters. The van der Waals surface area contributed by atoms with Crippen LogP contribution in [0.2, 0.25) is 0 Å². The lowest BCUT2D eigenvalue weighted by Gasteiger charge is -2.14. The number of hydrogen-bond acceptors (Lipinski definition) is 3. The molecule has 3 N–H and O–H groups in total. The molecule has 1 aliphatic rings. The summed E-state index contributed by atoms with van der Waals surface area (Å²) in [4.78, 5) is 16.7. The first kappa shape index (κ1) is 17.4. The lowest BCUT2D eigenvalue weighted by Crippen LogP contribution is -2.41. The summed E-state index contributed by atoms with van der Waals surface area (Å²) in [5.41, 5.74) is 2.95. The van der Waals surface area contributed by atoms with Gasteiger partial charge in [-0.3, -0.25) is 4.90 Å². The van der Waals surface area contributed by atoms with E-state index in [2.05, 4.69) is 10.3 Å². The van der Waals surface area contributed by atoms with Crippen molar-refractivity contribution in [2.45, 2.75) is 19.6 Å². The molecule has 1 aromatic carbocycles. The lowest BCUT2D eigenvalue weighted by molar-refractivity contribution is -0.703. The predicted molar refractivity (Wildman–Crippen MR) is 102 cm³/mol. The number of nitrogens with zero attached hydrogens (tertiary/aromatic N) is 2. The molecule has 1 atom stereocenters. The third-order valence-electron chi connectivity index (χ3n) is 4.65. The summed E-state index contributed by atoms with van der Waals surface area (Å²) in [6, 6.07) is 11.6. The van der Waals surface area contributed by atoms with Crippen LogP contribution in [-0.4, -0.2) is 41.9 Å². The highest BCUT2D eigenvalue weighted by Gasteiger charge is 2.22. The molecule has 7 heteroatoms. The number of anilines is 1. The van der Waals surface area contributed by atoms with Crippen molar-refractivity contribution in [3.05, 3.63) is 54.5 Å². The number of carbonyl (C=O) groups excluding carboxylic acids is 1. The van der Waals surface area contributed by atoms with E-state index in [4.69, 9.17) is 4.74 Å². The van der Waals surface area contributed by atoms with Crippen molar-refractivity contribution < 1.29 is 19.2 Å². The van der Waals surface area contributed by atoms with E-state index in [1.807, 2.05) is 60.3 Å². The number of nitrogens with one attached hydrogen (secondary N) is 2. The SMILES string of the molecule is Cc1cc2c(OCC(O)C[n+]3ccc(N4CCNC4=O)cc3)cccc2[nH]1. The first-order valence-corrected chi connectivity index (χ1v) is 9.04. The van der Waals surface area contributed by atoms with Crippen molar-refractivity contribution in [1.29, 1.82) is 0 Å². The fourth-order valence-electron chi connectivity index (χ4n) is 3.34. The molecule has 0 saturated carbocycles. The van der Waals surface area contributed by atoms with Crippen LogP contribution in [-0.2, 0) is 6.54 Å². The molecular weight excluding hydrogens is 344 g/mol. The number of amides is 2. The van der Waals surface area contributed by atoms with Crippen LogP contribution in [0.4, 0.5) is 10.5 Å². The Labute approximate surface area is 157 Å². The topological polar surface area (TPSA) is 81.5 Å². The highest BCUT2D eigenvalue weighted by Crippen LogP contribution is 2.26. The van der Waals surface area contributed by atoms with Crippen LogP contribution in [0, 0.1) is 6.92 Å². The van der Waals surface area contributed by atoms with E-state index in [1.54, 1.807) is 4.90 Å². The number of aromatic amines is 1. The quantitative estimate of drug-likeness (QED) is 0.581. The second-order valence-corrected chi connectivity index (χ2v) is 6.77. The second kappa shape index (κ2) is 7.28. The van der Waals surface area contributed by atoms with Gasteiger partial charge in [-0.1, -0.05) is 6.07 Å². The predicted octanol–water partition coefficient (Wildman–Crippen LogP) is 1.73. The molecule has 140 valence electrons. The number of hydrogen-bond donors (Lipinski definition) is 3. The molecule has 2 aromatic heterocycles. The summed E-state index contributed by atoms with van der Waals surface area (Å²) < 4.78 is 7.72. The van der Waals surface area contributed by atoms with E-state index in [0.717, 1.165) is 28.0 Å². The maximum Gasteiger partial charge on any atom is 0.322 e. The zero-order valence-electron chi connectivity index (χ0n) is 15.2. The van der Waals surface area contributed by atoms with Crippen molar-refractivity contribution in [1.82, 2.24) is 10.3 Å². The number of H-pyrrole nitrogens is 1. The van der Waals surface area contributed by atoms with Gasteiger partial charge < -0.3 is 20.1 Å². The second-order valence-electron chi connectivity index (χ2n) is 6.77. The van der Waals surface area contributed by atoms with E-state index >= 15 is 0 Å². The molecule has 0 bridgehead atoms. The van der Waals surface area contributed by atoms with Crippen LogP contribution in [0.15, 0.2) is 48.8 Å². The summed E-state index contributed by atoms with van der Waals surface area (Å²) in [5, 5.41) is 14.1. The first-order chi connectivity index (χ1) is 13.1. The average Bonchev–Trinajstić information content (AvgIpc) is 3.25. The Morgan fingerprint density at radius 1 is 1.30 bits per heavy atom. The van der Waals surface area contributed by atoms with Crippen molar-refractivity contribution in [3.8, 4) is 5.75 Å². The fraction of sp³-hybridized carbons (Fsp3) is 0.300. The van der Waals surface area contributed by atoms with E-state index < -0.39 is 6.10 Å². The van der Waals surface area contributed by atoms with Crippen LogP contribution >= 0.6 is 0 Å². The third kappa shape index (κ3) is 3.73. The van der Waals surface area contributed by atoms with Gasteiger partial charge in [0.2, 0.25) is 0 Å². The molecule has 0 radical (unpaired) electrons. The smallest absolute Gasteiger partial charge is 0.322 e. The van der Waals surface area contributed by atoms with Gasteiger partial charge in [-0.15, -0.1) is 0 Å². The molecule has 0 spiro atoms. The van der Waals surface area contributed by atoms with E-state index in [9.17, 15) is 9.90 Å². The number of fused-ring (bicyclic) bond motifs is 1. The van der Waals surface area contributed by atoms with Crippen molar-refractivity contribution in [3.63, 3.8) is 0 Å². The molecule has 0 aliphatic carbocycles. The Kier molecular flexibility index (Phi) is 4.68. The number of aliphatic hydroxyl groups is 1. The Morgan fingerprint density at radius 2 is 2.11 bits per heavy atom. The van der Waals surface area contributed by atoms with Crippen LogP contribution in [0.1, 0.15) is 5.69 Å². The fourth-order valence-corrected chi connectivity index (χ4v) is 3.34. The van der Waals surface area contributed by atoms with Crippen LogP contribution in [0.5, 0.6) is 5.75 Å². The zero-order chi connectivity index (χ0) is 18.8. The summed E-state index contributed by atoms with van der Waals surface area (Å²) in [6.45, 7) is 3.95. The van der Waals surface area contributed by atoms with E-state index in [1.165, 1.54) is 0 Å². The number of ether oxygens (including phenoxy) is 1. The minimum absolute atomic E-state index is 0.0737. The van der Waals surface area contributed by atoms with Gasteiger partial charge in [-0.25, -0.2) is 9.36 Å². The molecule has 3 heterocycles. The Balaban J connectivity index is 1.36. The van der Waals surface area contributed by atoms with Gasteiger partial charge in [-0.05, 0) is 25.1 Å². The molecule has 1 saturated heterocycles. The standard InChI is InChI=1S/C20H22N4O3/c1-14-11-17-18(22-14)3-2-4-19(17)27-13-16(25)12-23-8-5-15(6-9-23)24-10-7-21-20(24)26/h2-6,8-9,11,16,22,25H,7,10,12-13H2,1H3/p+1. The van der Waals surface area contributed by atoms with Gasteiger partial charge in [0.1, 0.15) is 18.5 Å². The van der Waals surface area contributed by atoms with Crippen LogP contribution < -0.4 is 19.5 Å². The largest absolute Gasteiger partial charge is 0.490 e. The van der Waals surface area contributed by atoms with Gasteiger partial charge in [-0.2, -0.15) is 0 Å². The Hall–Kier alpha value is -3.06. The van der Waals surface area contributed by atoms with Gasteiger partial charge in [0, 0.05) is 41.8 Å². The zero-order valence-corrected chi connectivity index (χ0v) is 15.2. The number of urea groups is 1. The third-order valence-corrected chi connectivity index (χ3v) is 4.65. The van der Waals surface area contributed by atoms with Gasteiger partial charge >= 0.3 is 6.03 Å². The minimum Gasteiger partial charge on any atom is -0.490 e. The Bertz CT molecular complexity index is 952. The van der Waals surface area contributed by atoms with Crippen molar-refractivity contribution in [2.24, 2.45) is 0 Å². The normalized spacial score (nSPS) is 15.2. The minimum atomic E-state index is -0.647. The molecule has 4 rings (SSSR count). The molecule has 1 fully saturated rings. The van der Waals surface area contributed by atoms with Crippen molar-refractivity contribution in [2.75, 3.05) is 24.6 Å². The van der Waals surface area contributed by atoms with Crippen molar-refractivity contribution >= 4 is 22.6 Å². The van der Waals surface area contributed by atoms with Crippen LogP contribution in [0.25, 0.3) is 10.9 Å². The van der Waals surface area contributed by atoms with Gasteiger partial charge in [0.25, 0.3) is 0 Å². The monoisotopic (exact) mass is 367 g/mol. The highest BCUT2D eigenvalue weighted by molar-refractivity contribution is 5.93.